The summed E-state index contributed by atoms with van der Waals surface area (Å²) in [5, 5.41) is 2.33. The summed E-state index contributed by atoms with van der Waals surface area (Å²) >= 11 is 0. The summed E-state index contributed by atoms with van der Waals surface area (Å²) in [4.78, 5) is 37.7. The van der Waals surface area contributed by atoms with E-state index in [-0.39, 0.29) is 29.6 Å². The summed E-state index contributed by atoms with van der Waals surface area (Å²) in [6.45, 7) is 6.96. The van der Waals surface area contributed by atoms with Gasteiger partial charge in [0, 0.05) is 18.5 Å². The summed E-state index contributed by atoms with van der Waals surface area (Å²) in [5.74, 6) is -0.725. The van der Waals surface area contributed by atoms with Crippen LogP contribution in [-0.2, 0) is 21.4 Å². The Balaban J connectivity index is 1.87. The van der Waals surface area contributed by atoms with Gasteiger partial charge in [0.25, 0.3) is 5.91 Å². The number of amides is 3. The fourth-order valence-corrected chi connectivity index (χ4v) is 3.25. The lowest BCUT2D eigenvalue weighted by molar-refractivity contribution is -0.136. The van der Waals surface area contributed by atoms with Gasteiger partial charge in [0.2, 0.25) is 11.8 Å². The van der Waals surface area contributed by atoms with E-state index < -0.39 is 6.04 Å². The van der Waals surface area contributed by atoms with Gasteiger partial charge in [0.15, 0.2) is 0 Å². The molecule has 5 nitrogen and oxygen atoms in total. The van der Waals surface area contributed by atoms with Crippen LogP contribution in [0.5, 0.6) is 0 Å². The lowest BCUT2D eigenvalue weighted by atomic mass is 9.83. The average molecular weight is 314 g/mol. The molecular weight excluding hydrogens is 292 g/mol. The van der Waals surface area contributed by atoms with Crippen LogP contribution in [0.15, 0.2) is 18.2 Å². The van der Waals surface area contributed by atoms with Gasteiger partial charge in [-0.05, 0) is 35.4 Å². The molecule has 1 aromatic rings. The second-order valence-corrected chi connectivity index (χ2v) is 7.34. The quantitative estimate of drug-likeness (QED) is 0.804. The second-order valence-electron chi connectivity index (χ2n) is 7.34. The molecule has 1 fully saturated rings. The van der Waals surface area contributed by atoms with Crippen molar-refractivity contribution >= 4 is 17.7 Å². The Morgan fingerprint density at radius 3 is 2.52 bits per heavy atom. The largest absolute Gasteiger partial charge is 0.326 e. The number of carbonyl (C=O) groups is 3. The first-order valence-corrected chi connectivity index (χ1v) is 8.05. The number of piperidine rings is 1. The number of benzene rings is 1. The Morgan fingerprint density at radius 1 is 1.13 bits per heavy atom. The zero-order valence-electron chi connectivity index (χ0n) is 13.8. The number of carbonyl (C=O) groups excluding carboxylic acids is 3. The van der Waals surface area contributed by atoms with E-state index in [2.05, 4.69) is 32.2 Å². The van der Waals surface area contributed by atoms with Crippen molar-refractivity contribution in [1.29, 1.82) is 0 Å². The van der Waals surface area contributed by atoms with E-state index in [1.54, 1.807) is 4.90 Å². The molecule has 3 rings (SSSR count). The Morgan fingerprint density at radius 2 is 1.87 bits per heavy atom. The van der Waals surface area contributed by atoms with Gasteiger partial charge in [-0.25, -0.2) is 0 Å². The summed E-state index contributed by atoms with van der Waals surface area (Å²) < 4.78 is 0. The molecule has 122 valence electrons. The van der Waals surface area contributed by atoms with Crippen molar-refractivity contribution in [2.45, 2.75) is 51.5 Å². The van der Waals surface area contributed by atoms with Crippen molar-refractivity contribution in [1.82, 2.24) is 10.2 Å². The fraction of sp³-hybridized carbons (Fsp3) is 0.500. The molecule has 0 spiro atoms. The number of imide groups is 1. The average Bonchev–Trinajstić information content (AvgIpc) is 2.47. The van der Waals surface area contributed by atoms with Crippen LogP contribution in [0.4, 0.5) is 0 Å². The number of rotatable bonds is 1. The Hall–Kier alpha value is -2.17. The van der Waals surface area contributed by atoms with Gasteiger partial charge in [0.05, 0.1) is 0 Å². The van der Waals surface area contributed by atoms with Crippen molar-refractivity contribution in [3.05, 3.63) is 34.9 Å². The molecule has 0 saturated carbocycles. The third-order valence-electron chi connectivity index (χ3n) is 4.67. The normalized spacial score (nSPS) is 22.0. The van der Waals surface area contributed by atoms with E-state index in [1.807, 2.05) is 12.1 Å². The summed E-state index contributed by atoms with van der Waals surface area (Å²) in [5.41, 5.74) is 2.97. The maximum atomic E-state index is 12.8. The highest BCUT2D eigenvalue weighted by atomic mass is 16.2. The monoisotopic (exact) mass is 314 g/mol. The first-order valence-electron chi connectivity index (χ1n) is 8.05. The molecule has 2 aliphatic rings. The van der Waals surface area contributed by atoms with Crippen LogP contribution < -0.4 is 5.32 Å². The maximum absolute atomic E-state index is 12.8. The smallest absolute Gasteiger partial charge is 0.254 e. The van der Waals surface area contributed by atoms with Crippen molar-refractivity contribution in [2.24, 2.45) is 0 Å². The zero-order valence-corrected chi connectivity index (χ0v) is 13.8. The highest BCUT2D eigenvalue weighted by Gasteiger charge is 2.37. The van der Waals surface area contributed by atoms with Gasteiger partial charge in [-0.2, -0.15) is 0 Å². The van der Waals surface area contributed by atoms with Crippen molar-refractivity contribution in [3.63, 3.8) is 0 Å². The third kappa shape index (κ3) is 2.87. The fourth-order valence-electron chi connectivity index (χ4n) is 3.25. The Bertz CT molecular complexity index is 688. The van der Waals surface area contributed by atoms with Gasteiger partial charge in [-0.15, -0.1) is 0 Å². The lowest BCUT2D eigenvalue weighted by Gasteiger charge is -2.36. The predicted molar refractivity (Wildman–Crippen MR) is 86.1 cm³/mol. The zero-order chi connectivity index (χ0) is 16.8. The molecule has 2 aliphatic heterocycles. The van der Waals surface area contributed by atoms with Crippen LogP contribution in [0, 0.1) is 0 Å². The molecule has 0 bridgehead atoms. The van der Waals surface area contributed by atoms with Crippen LogP contribution >= 0.6 is 0 Å². The molecule has 2 heterocycles. The first kappa shape index (κ1) is 15.7. The van der Waals surface area contributed by atoms with E-state index in [0.29, 0.717) is 18.5 Å². The van der Waals surface area contributed by atoms with E-state index in [0.717, 1.165) is 12.0 Å². The highest BCUT2D eigenvalue weighted by Crippen LogP contribution is 2.29. The number of nitrogens with one attached hydrogen (secondary N) is 1. The Kier molecular flexibility index (Phi) is 3.74. The number of hydrogen-bond donors (Lipinski definition) is 1. The van der Waals surface area contributed by atoms with E-state index in [9.17, 15) is 14.4 Å². The molecule has 3 amide bonds. The predicted octanol–water partition coefficient (Wildman–Crippen LogP) is 1.79. The van der Waals surface area contributed by atoms with Crippen LogP contribution in [0.25, 0.3) is 0 Å². The SMILES string of the molecule is CC(C)(C)c1ccc2c(c1)CCN(C1CCC(=O)NC1=O)C2=O. The van der Waals surface area contributed by atoms with Crippen LogP contribution in [0.2, 0.25) is 0 Å². The molecule has 5 heteroatoms. The molecular formula is C18H22N2O3. The minimum atomic E-state index is -0.532. The third-order valence-corrected chi connectivity index (χ3v) is 4.67. The van der Waals surface area contributed by atoms with Crippen LogP contribution in [0.1, 0.15) is 55.1 Å². The highest BCUT2D eigenvalue weighted by molar-refractivity contribution is 6.04. The topological polar surface area (TPSA) is 66.5 Å². The minimum Gasteiger partial charge on any atom is -0.326 e. The molecule has 1 unspecified atom stereocenters. The maximum Gasteiger partial charge on any atom is 0.254 e. The molecule has 0 aromatic heterocycles. The second kappa shape index (κ2) is 5.48. The van der Waals surface area contributed by atoms with Gasteiger partial charge in [-0.1, -0.05) is 32.9 Å². The van der Waals surface area contributed by atoms with E-state index >= 15 is 0 Å². The van der Waals surface area contributed by atoms with E-state index in [1.165, 1.54) is 5.56 Å². The van der Waals surface area contributed by atoms with Crippen molar-refractivity contribution in [3.8, 4) is 0 Å². The summed E-state index contributed by atoms with van der Waals surface area (Å²) in [6, 6.07) is 5.44. The number of nitrogens with zero attached hydrogens (tertiary/aromatic N) is 1. The number of hydrogen-bond acceptors (Lipinski definition) is 3. The van der Waals surface area contributed by atoms with Crippen molar-refractivity contribution < 1.29 is 14.4 Å². The van der Waals surface area contributed by atoms with Crippen molar-refractivity contribution in [2.75, 3.05) is 6.54 Å². The molecule has 1 aromatic carbocycles. The molecule has 1 N–H and O–H groups in total. The summed E-state index contributed by atoms with van der Waals surface area (Å²) in [7, 11) is 0. The first-order chi connectivity index (χ1) is 10.8. The molecule has 1 atom stereocenters. The lowest BCUT2D eigenvalue weighted by Crippen LogP contribution is -2.55. The van der Waals surface area contributed by atoms with Gasteiger partial charge < -0.3 is 4.90 Å². The van der Waals surface area contributed by atoms with Gasteiger partial charge in [0.1, 0.15) is 6.04 Å². The van der Waals surface area contributed by atoms with Gasteiger partial charge in [-0.3, -0.25) is 19.7 Å². The molecule has 23 heavy (non-hydrogen) atoms. The van der Waals surface area contributed by atoms with Crippen LogP contribution in [0.3, 0.4) is 0 Å². The van der Waals surface area contributed by atoms with Gasteiger partial charge >= 0.3 is 0 Å². The van der Waals surface area contributed by atoms with Crippen LogP contribution in [-0.4, -0.2) is 35.2 Å². The molecule has 0 radical (unpaired) electrons. The Labute approximate surface area is 136 Å². The standard InChI is InChI=1S/C18H22N2O3/c1-18(2,3)12-4-5-13-11(10-12)8-9-20(17(13)23)14-6-7-15(21)19-16(14)22/h4-5,10,14H,6-9H2,1-3H3,(H,19,21,22). The minimum absolute atomic E-state index is 0.0405. The number of fused-ring (bicyclic) bond motifs is 1. The summed E-state index contributed by atoms with van der Waals surface area (Å²) in [6.07, 6.45) is 1.44. The van der Waals surface area contributed by atoms with E-state index in [4.69, 9.17) is 0 Å². The molecule has 1 saturated heterocycles. The molecule has 0 aliphatic carbocycles.